The first-order valence-electron chi connectivity index (χ1n) is 5.51. The fraction of sp³-hybridized carbons (Fsp3) is 0.583. The van der Waals surface area contributed by atoms with Crippen LogP contribution in [-0.4, -0.2) is 22.7 Å². The maximum absolute atomic E-state index is 8.73. The van der Waals surface area contributed by atoms with Crippen LogP contribution in [0, 0.1) is 0 Å². The van der Waals surface area contributed by atoms with Gasteiger partial charge in [0.2, 0.25) is 0 Å². The number of pyridine rings is 1. The SMILES string of the molecule is C[C@H](CCCO)N[C@@H](C)c1cccnc1. The molecule has 0 aromatic carbocycles. The number of hydrogen-bond acceptors (Lipinski definition) is 3. The fourth-order valence-electron chi connectivity index (χ4n) is 1.64. The molecule has 0 unspecified atom stereocenters. The number of rotatable bonds is 6. The van der Waals surface area contributed by atoms with E-state index in [4.69, 9.17) is 5.11 Å². The smallest absolute Gasteiger partial charge is 0.0431 e. The topological polar surface area (TPSA) is 45.1 Å². The molecule has 0 bridgehead atoms. The van der Waals surface area contributed by atoms with Crippen LogP contribution in [0.3, 0.4) is 0 Å². The maximum atomic E-state index is 8.73. The summed E-state index contributed by atoms with van der Waals surface area (Å²) in [5.74, 6) is 0. The summed E-state index contributed by atoms with van der Waals surface area (Å²) in [6, 6.07) is 4.76. The lowest BCUT2D eigenvalue weighted by Gasteiger charge is -2.19. The van der Waals surface area contributed by atoms with Crippen LogP contribution in [-0.2, 0) is 0 Å². The normalized spacial score (nSPS) is 14.9. The van der Waals surface area contributed by atoms with E-state index in [1.165, 1.54) is 5.56 Å². The van der Waals surface area contributed by atoms with Crippen molar-refractivity contribution in [2.24, 2.45) is 0 Å². The Morgan fingerprint density at radius 2 is 2.27 bits per heavy atom. The molecule has 84 valence electrons. The summed E-state index contributed by atoms with van der Waals surface area (Å²) >= 11 is 0. The first kappa shape index (κ1) is 12.1. The summed E-state index contributed by atoms with van der Waals surface area (Å²) in [5, 5.41) is 12.2. The van der Waals surface area contributed by atoms with Gasteiger partial charge in [0, 0.05) is 31.1 Å². The molecule has 1 heterocycles. The van der Waals surface area contributed by atoms with E-state index in [0.29, 0.717) is 12.1 Å². The van der Waals surface area contributed by atoms with Crippen LogP contribution in [0.2, 0.25) is 0 Å². The standard InChI is InChI=1S/C12H20N2O/c1-10(5-4-8-15)14-11(2)12-6-3-7-13-9-12/h3,6-7,9-11,14-15H,4-5,8H2,1-2H3/t10-,11+/m1/s1. The minimum atomic E-state index is 0.271. The van der Waals surface area contributed by atoms with E-state index in [2.05, 4.69) is 30.2 Å². The lowest BCUT2D eigenvalue weighted by atomic mass is 10.1. The minimum absolute atomic E-state index is 0.271. The lowest BCUT2D eigenvalue weighted by molar-refractivity contribution is 0.274. The third-order valence-corrected chi connectivity index (χ3v) is 2.51. The molecule has 0 aliphatic rings. The predicted molar refractivity (Wildman–Crippen MR) is 61.6 cm³/mol. The number of aliphatic hydroxyl groups excluding tert-OH is 1. The van der Waals surface area contributed by atoms with E-state index < -0.39 is 0 Å². The molecule has 0 spiro atoms. The van der Waals surface area contributed by atoms with Gasteiger partial charge in [-0.15, -0.1) is 0 Å². The van der Waals surface area contributed by atoms with Crippen molar-refractivity contribution in [1.29, 1.82) is 0 Å². The zero-order valence-corrected chi connectivity index (χ0v) is 9.48. The average molecular weight is 208 g/mol. The monoisotopic (exact) mass is 208 g/mol. The van der Waals surface area contributed by atoms with Gasteiger partial charge in [-0.25, -0.2) is 0 Å². The van der Waals surface area contributed by atoms with E-state index in [1.54, 1.807) is 6.20 Å². The van der Waals surface area contributed by atoms with Crippen molar-refractivity contribution in [3.8, 4) is 0 Å². The van der Waals surface area contributed by atoms with Crippen LogP contribution < -0.4 is 5.32 Å². The first-order chi connectivity index (χ1) is 7.24. The van der Waals surface area contributed by atoms with Gasteiger partial charge >= 0.3 is 0 Å². The van der Waals surface area contributed by atoms with Gasteiger partial charge in [0.15, 0.2) is 0 Å². The molecule has 15 heavy (non-hydrogen) atoms. The third kappa shape index (κ3) is 4.40. The third-order valence-electron chi connectivity index (χ3n) is 2.51. The molecule has 0 radical (unpaired) electrons. The maximum Gasteiger partial charge on any atom is 0.0431 e. The number of nitrogens with zero attached hydrogens (tertiary/aromatic N) is 1. The lowest BCUT2D eigenvalue weighted by Crippen LogP contribution is -2.29. The first-order valence-corrected chi connectivity index (χ1v) is 5.51. The van der Waals surface area contributed by atoms with Gasteiger partial charge in [0.1, 0.15) is 0 Å². The summed E-state index contributed by atoms with van der Waals surface area (Å²) < 4.78 is 0. The second-order valence-electron chi connectivity index (χ2n) is 3.94. The van der Waals surface area contributed by atoms with Crippen molar-refractivity contribution in [3.05, 3.63) is 30.1 Å². The van der Waals surface area contributed by atoms with Crippen LogP contribution in [0.1, 0.15) is 38.3 Å². The Hall–Kier alpha value is -0.930. The van der Waals surface area contributed by atoms with E-state index in [1.807, 2.05) is 12.3 Å². The van der Waals surface area contributed by atoms with Crippen LogP contribution in [0.25, 0.3) is 0 Å². The largest absolute Gasteiger partial charge is 0.396 e. The second-order valence-corrected chi connectivity index (χ2v) is 3.94. The molecule has 1 rings (SSSR count). The van der Waals surface area contributed by atoms with Crippen molar-refractivity contribution >= 4 is 0 Å². The fourth-order valence-corrected chi connectivity index (χ4v) is 1.64. The Bertz CT molecular complexity index is 264. The molecule has 3 nitrogen and oxygen atoms in total. The van der Waals surface area contributed by atoms with Crippen molar-refractivity contribution < 1.29 is 5.11 Å². The number of hydrogen-bond donors (Lipinski definition) is 2. The van der Waals surface area contributed by atoms with Crippen LogP contribution >= 0.6 is 0 Å². The Labute approximate surface area is 91.5 Å². The van der Waals surface area contributed by atoms with Crippen LogP contribution in [0.5, 0.6) is 0 Å². The highest BCUT2D eigenvalue weighted by atomic mass is 16.2. The molecule has 0 aliphatic carbocycles. The molecule has 1 aromatic rings. The van der Waals surface area contributed by atoms with E-state index >= 15 is 0 Å². The zero-order chi connectivity index (χ0) is 11.1. The van der Waals surface area contributed by atoms with E-state index in [0.717, 1.165) is 12.8 Å². The summed E-state index contributed by atoms with van der Waals surface area (Å²) in [6.45, 7) is 4.54. The van der Waals surface area contributed by atoms with Gasteiger partial charge in [-0.05, 0) is 38.3 Å². The van der Waals surface area contributed by atoms with Gasteiger partial charge in [0.25, 0.3) is 0 Å². The quantitative estimate of drug-likeness (QED) is 0.750. The summed E-state index contributed by atoms with van der Waals surface area (Å²) in [7, 11) is 0. The number of aliphatic hydroxyl groups is 1. The van der Waals surface area contributed by atoms with Crippen molar-refractivity contribution in [2.75, 3.05) is 6.61 Å². The van der Waals surface area contributed by atoms with Crippen molar-refractivity contribution in [3.63, 3.8) is 0 Å². The average Bonchev–Trinajstić information content (AvgIpc) is 2.27. The van der Waals surface area contributed by atoms with Crippen LogP contribution in [0.4, 0.5) is 0 Å². The molecule has 0 saturated heterocycles. The van der Waals surface area contributed by atoms with Crippen molar-refractivity contribution in [2.45, 2.75) is 38.8 Å². The minimum Gasteiger partial charge on any atom is -0.396 e. The van der Waals surface area contributed by atoms with Gasteiger partial charge in [-0.1, -0.05) is 6.07 Å². The second kappa shape index (κ2) is 6.53. The molecular weight excluding hydrogens is 188 g/mol. The predicted octanol–water partition coefficient (Wildman–Crippen LogP) is 1.89. The molecule has 2 atom stereocenters. The highest BCUT2D eigenvalue weighted by Crippen LogP contribution is 2.11. The van der Waals surface area contributed by atoms with Crippen molar-refractivity contribution in [1.82, 2.24) is 10.3 Å². The van der Waals surface area contributed by atoms with E-state index in [-0.39, 0.29) is 6.61 Å². The molecule has 0 amide bonds. The molecule has 0 fully saturated rings. The van der Waals surface area contributed by atoms with Crippen LogP contribution in [0.15, 0.2) is 24.5 Å². The number of nitrogens with one attached hydrogen (secondary N) is 1. The molecule has 0 saturated carbocycles. The van der Waals surface area contributed by atoms with Gasteiger partial charge in [-0.2, -0.15) is 0 Å². The summed E-state index contributed by atoms with van der Waals surface area (Å²) in [4.78, 5) is 4.10. The van der Waals surface area contributed by atoms with Gasteiger partial charge in [0.05, 0.1) is 0 Å². The highest BCUT2D eigenvalue weighted by molar-refractivity contribution is 5.12. The Morgan fingerprint density at radius 1 is 1.47 bits per heavy atom. The van der Waals surface area contributed by atoms with Gasteiger partial charge < -0.3 is 10.4 Å². The molecule has 1 aromatic heterocycles. The Balaban J connectivity index is 2.38. The van der Waals surface area contributed by atoms with Gasteiger partial charge in [-0.3, -0.25) is 4.98 Å². The molecular formula is C12H20N2O. The zero-order valence-electron chi connectivity index (χ0n) is 9.48. The van der Waals surface area contributed by atoms with E-state index in [9.17, 15) is 0 Å². The Kier molecular flexibility index (Phi) is 5.29. The molecule has 2 N–H and O–H groups in total. The summed E-state index contributed by atoms with van der Waals surface area (Å²) in [6.07, 6.45) is 5.52. The highest BCUT2D eigenvalue weighted by Gasteiger charge is 2.08. The molecule has 3 heteroatoms. The molecule has 0 aliphatic heterocycles. The number of aromatic nitrogens is 1. The summed E-state index contributed by atoms with van der Waals surface area (Å²) in [5.41, 5.74) is 1.20. The Morgan fingerprint density at radius 3 is 2.87 bits per heavy atom.